The van der Waals surface area contributed by atoms with E-state index in [9.17, 15) is 4.79 Å². The lowest BCUT2D eigenvalue weighted by atomic mass is 10.0. The van der Waals surface area contributed by atoms with E-state index in [-0.39, 0.29) is 12.0 Å². The molecule has 1 atom stereocenters. The van der Waals surface area contributed by atoms with Gasteiger partial charge in [0.05, 0.1) is 13.2 Å². The standard InChI is InChI=1S/C20H28N2O2/c1-6-13-22(5)19(15-18-10-8-17(3)9-11-18)16-21(4)14-12-20(23)24-7-2/h1,8-12,14,19H,7,13,15-16H2,2-5H3/b14-12-. The van der Waals surface area contributed by atoms with Crippen LogP contribution in [0, 0.1) is 19.3 Å². The molecule has 0 aliphatic rings. The maximum Gasteiger partial charge on any atom is 0.332 e. The Morgan fingerprint density at radius 2 is 2.00 bits per heavy atom. The summed E-state index contributed by atoms with van der Waals surface area (Å²) in [7, 11) is 3.98. The minimum atomic E-state index is -0.323. The molecule has 0 saturated heterocycles. The molecule has 0 amide bonds. The zero-order valence-electron chi connectivity index (χ0n) is 15.2. The molecule has 130 valence electrons. The van der Waals surface area contributed by atoms with Gasteiger partial charge in [0.1, 0.15) is 0 Å². The Kier molecular flexibility index (Phi) is 8.67. The van der Waals surface area contributed by atoms with E-state index >= 15 is 0 Å². The first kappa shape index (κ1) is 19.8. The molecule has 0 radical (unpaired) electrons. The lowest BCUT2D eigenvalue weighted by molar-refractivity contribution is -0.137. The first-order chi connectivity index (χ1) is 11.5. The van der Waals surface area contributed by atoms with E-state index in [0.29, 0.717) is 13.2 Å². The van der Waals surface area contributed by atoms with E-state index < -0.39 is 0 Å². The maximum atomic E-state index is 11.4. The Morgan fingerprint density at radius 3 is 2.58 bits per heavy atom. The second-order valence-corrected chi connectivity index (χ2v) is 5.97. The summed E-state index contributed by atoms with van der Waals surface area (Å²) in [5.74, 6) is 2.38. The van der Waals surface area contributed by atoms with Gasteiger partial charge >= 0.3 is 5.97 Å². The van der Waals surface area contributed by atoms with Crippen molar-refractivity contribution in [1.82, 2.24) is 9.80 Å². The summed E-state index contributed by atoms with van der Waals surface area (Å²) in [6.45, 7) is 5.61. The molecule has 0 N–H and O–H groups in total. The van der Waals surface area contributed by atoms with Crippen molar-refractivity contribution in [3.05, 3.63) is 47.7 Å². The number of hydrogen-bond acceptors (Lipinski definition) is 4. The highest BCUT2D eigenvalue weighted by atomic mass is 16.5. The number of benzene rings is 1. The quantitative estimate of drug-likeness (QED) is 0.396. The van der Waals surface area contributed by atoms with Crippen molar-refractivity contribution in [3.63, 3.8) is 0 Å². The molecule has 0 aliphatic carbocycles. The molecule has 1 aromatic carbocycles. The van der Waals surface area contributed by atoms with Crippen LogP contribution < -0.4 is 0 Å². The molecule has 0 aliphatic heterocycles. The number of carbonyl (C=O) groups excluding carboxylic acids is 1. The fourth-order valence-corrected chi connectivity index (χ4v) is 2.40. The van der Waals surface area contributed by atoms with E-state index in [1.54, 1.807) is 13.1 Å². The summed E-state index contributed by atoms with van der Waals surface area (Å²) in [5.41, 5.74) is 2.53. The fraction of sp³-hybridized carbons (Fsp3) is 0.450. The summed E-state index contributed by atoms with van der Waals surface area (Å²) in [6.07, 6.45) is 9.57. The van der Waals surface area contributed by atoms with Gasteiger partial charge in [-0.05, 0) is 32.9 Å². The second-order valence-electron chi connectivity index (χ2n) is 5.97. The van der Waals surface area contributed by atoms with E-state index in [4.69, 9.17) is 11.2 Å². The van der Waals surface area contributed by atoms with Crippen LogP contribution in [0.1, 0.15) is 18.1 Å². The van der Waals surface area contributed by atoms with Gasteiger partial charge < -0.3 is 9.64 Å². The van der Waals surface area contributed by atoms with Gasteiger partial charge in [-0.2, -0.15) is 0 Å². The number of aryl methyl sites for hydroxylation is 1. The number of esters is 1. The molecular formula is C20H28N2O2. The monoisotopic (exact) mass is 328 g/mol. The third kappa shape index (κ3) is 7.34. The Morgan fingerprint density at radius 1 is 1.33 bits per heavy atom. The summed E-state index contributed by atoms with van der Waals surface area (Å²) in [6, 6.07) is 8.80. The maximum absolute atomic E-state index is 11.4. The molecular weight excluding hydrogens is 300 g/mol. The molecule has 0 saturated carbocycles. The van der Waals surface area contributed by atoms with Crippen molar-refractivity contribution in [2.24, 2.45) is 0 Å². The highest BCUT2D eigenvalue weighted by Crippen LogP contribution is 2.11. The van der Waals surface area contributed by atoms with Crippen molar-refractivity contribution in [2.75, 3.05) is 33.8 Å². The SMILES string of the molecule is C#CCN(C)C(Cc1ccc(C)cc1)CN(C)/C=C\C(=O)OCC. The number of ether oxygens (including phenoxy) is 1. The minimum absolute atomic E-state index is 0.251. The number of hydrogen-bond donors (Lipinski definition) is 0. The third-order valence-corrected chi connectivity index (χ3v) is 3.81. The molecule has 4 heteroatoms. The van der Waals surface area contributed by atoms with Gasteiger partial charge in [-0.1, -0.05) is 35.7 Å². The molecule has 1 rings (SSSR count). The molecule has 0 heterocycles. The Hall–Kier alpha value is -2.25. The van der Waals surface area contributed by atoms with Crippen molar-refractivity contribution >= 4 is 5.97 Å². The molecule has 4 nitrogen and oxygen atoms in total. The zero-order valence-corrected chi connectivity index (χ0v) is 15.2. The van der Waals surface area contributed by atoms with Gasteiger partial charge in [-0.15, -0.1) is 6.42 Å². The van der Waals surface area contributed by atoms with Crippen LogP contribution in [-0.2, 0) is 16.0 Å². The molecule has 0 fully saturated rings. The number of carbonyl (C=O) groups is 1. The molecule has 0 spiro atoms. The van der Waals surface area contributed by atoms with Crippen LogP contribution in [0.15, 0.2) is 36.5 Å². The second kappa shape index (κ2) is 10.5. The summed E-state index contributed by atoms with van der Waals surface area (Å²) < 4.78 is 4.90. The number of nitrogens with zero attached hydrogens (tertiary/aromatic N) is 2. The van der Waals surface area contributed by atoms with Crippen LogP contribution in [-0.4, -0.2) is 55.6 Å². The average Bonchev–Trinajstić information content (AvgIpc) is 2.55. The highest BCUT2D eigenvalue weighted by molar-refractivity contribution is 5.81. The molecule has 0 bridgehead atoms. The minimum Gasteiger partial charge on any atom is -0.463 e. The number of terminal acetylenes is 1. The molecule has 1 unspecified atom stereocenters. The highest BCUT2D eigenvalue weighted by Gasteiger charge is 2.16. The van der Waals surface area contributed by atoms with Crippen LogP contribution >= 0.6 is 0 Å². The lowest BCUT2D eigenvalue weighted by Crippen LogP contribution is -2.41. The van der Waals surface area contributed by atoms with Gasteiger partial charge in [0.15, 0.2) is 0 Å². The van der Waals surface area contributed by atoms with E-state index in [0.717, 1.165) is 13.0 Å². The normalized spacial score (nSPS) is 12.2. The number of likely N-dealkylation sites (N-methyl/N-ethyl adjacent to an activating group) is 2. The smallest absolute Gasteiger partial charge is 0.332 e. The third-order valence-electron chi connectivity index (χ3n) is 3.81. The predicted octanol–water partition coefficient (Wildman–Crippen LogP) is 2.48. The van der Waals surface area contributed by atoms with Gasteiger partial charge in [-0.3, -0.25) is 4.90 Å². The largest absolute Gasteiger partial charge is 0.463 e. The van der Waals surface area contributed by atoms with E-state index in [1.165, 1.54) is 17.2 Å². The Bertz CT molecular complexity index is 572. The first-order valence-corrected chi connectivity index (χ1v) is 8.20. The molecule has 24 heavy (non-hydrogen) atoms. The van der Waals surface area contributed by atoms with Crippen molar-refractivity contribution in [3.8, 4) is 12.3 Å². The van der Waals surface area contributed by atoms with Crippen LogP contribution in [0.2, 0.25) is 0 Å². The van der Waals surface area contributed by atoms with Gasteiger partial charge in [0.25, 0.3) is 0 Å². The average molecular weight is 328 g/mol. The lowest BCUT2D eigenvalue weighted by Gasteiger charge is -2.30. The zero-order chi connectivity index (χ0) is 17.9. The topological polar surface area (TPSA) is 32.8 Å². The first-order valence-electron chi connectivity index (χ1n) is 8.20. The number of rotatable bonds is 9. The summed E-state index contributed by atoms with van der Waals surface area (Å²) in [4.78, 5) is 15.6. The van der Waals surface area contributed by atoms with E-state index in [2.05, 4.69) is 42.0 Å². The Balaban J connectivity index is 2.73. The van der Waals surface area contributed by atoms with Crippen LogP contribution in [0.4, 0.5) is 0 Å². The Labute approximate surface area is 146 Å². The van der Waals surface area contributed by atoms with Gasteiger partial charge in [0, 0.05) is 31.9 Å². The van der Waals surface area contributed by atoms with Crippen LogP contribution in [0.5, 0.6) is 0 Å². The van der Waals surface area contributed by atoms with Crippen molar-refractivity contribution in [1.29, 1.82) is 0 Å². The van der Waals surface area contributed by atoms with Crippen molar-refractivity contribution in [2.45, 2.75) is 26.3 Å². The summed E-state index contributed by atoms with van der Waals surface area (Å²) in [5, 5.41) is 0. The summed E-state index contributed by atoms with van der Waals surface area (Å²) >= 11 is 0. The molecule has 0 aromatic heterocycles. The predicted molar refractivity (Wildman–Crippen MR) is 98.5 cm³/mol. The van der Waals surface area contributed by atoms with Crippen LogP contribution in [0.3, 0.4) is 0 Å². The van der Waals surface area contributed by atoms with Crippen LogP contribution in [0.25, 0.3) is 0 Å². The fourth-order valence-electron chi connectivity index (χ4n) is 2.40. The van der Waals surface area contributed by atoms with Gasteiger partial charge in [0.2, 0.25) is 0 Å². The van der Waals surface area contributed by atoms with Gasteiger partial charge in [-0.25, -0.2) is 4.79 Å². The van der Waals surface area contributed by atoms with Crippen molar-refractivity contribution < 1.29 is 9.53 Å². The molecule has 1 aromatic rings. The van der Waals surface area contributed by atoms with E-state index in [1.807, 2.05) is 19.0 Å².